The van der Waals surface area contributed by atoms with Crippen molar-refractivity contribution < 1.29 is 9.90 Å². The molecule has 0 bridgehead atoms. The Labute approximate surface area is 131 Å². The Hall–Kier alpha value is -1.26. The van der Waals surface area contributed by atoms with Gasteiger partial charge in [0, 0.05) is 29.8 Å². The zero-order chi connectivity index (χ0) is 15.5. The Morgan fingerprint density at radius 3 is 3.00 bits per heavy atom. The van der Waals surface area contributed by atoms with Crippen LogP contribution in [0.3, 0.4) is 0 Å². The molecule has 2 unspecified atom stereocenters. The predicted molar refractivity (Wildman–Crippen MR) is 85.7 cm³/mol. The molecule has 21 heavy (non-hydrogen) atoms. The van der Waals surface area contributed by atoms with Crippen LogP contribution >= 0.6 is 11.6 Å². The van der Waals surface area contributed by atoms with Gasteiger partial charge in [-0.2, -0.15) is 0 Å². The number of carbonyl (C=O) groups is 1. The summed E-state index contributed by atoms with van der Waals surface area (Å²) in [6.07, 6.45) is 2.13. The van der Waals surface area contributed by atoms with E-state index in [9.17, 15) is 9.90 Å². The number of halogens is 1. The van der Waals surface area contributed by atoms with Crippen molar-refractivity contribution in [1.29, 1.82) is 0 Å². The van der Waals surface area contributed by atoms with Gasteiger partial charge in [0.1, 0.15) is 5.60 Å². The number of hydrogen-bond donors (Lipinski definition) is 2. The number of hydrogen-bond acceptors (Lipinski definition) is 3. The van der Waals surface area contributed by atoms with E-state index in [2.05, 4.69) is 10.2 Å². The van der Waals surface area contributed by atoms with Crippen LogP contribution in [-0.4, -0.2) is 35.7 Å². The van der Waals surface area contributed by atoms with E-state index in [1.54, 1.807) is 6.92 Å². The molecule has 0 aromatic heterocycles. The molecule has 1 amide bonds. The third-order valence-corrected chi connectivity index (χ3v) is 4.16. The Morgan fingerprint density at radius 2 is 2.33 bits per heavy atom. The normalized spacial score (nSPS) is 21.1. The molecule has 2 rings (SSSR count). The molecule has 1 aliphatic rings. The van der Waals surface area contributed by atoms with Crippen LogP contribution in [-0.2, 0) is 4.79 Å². The fourth-order valence-corrected chi connectivity index (χ4v) is 2.91. The van der Waals surface area contributed by atoms with Gasteiger partial charge in [-0.25, -0.2) is 0 Å². The van der Waals surface area contributed by atoms with E-state index in [0.29, 0.717) is 11.4 Å². The summed E-state index contributed by atoms with van der Waals surface area (Å²) in [6, 6.07) is 7.79. The molecule has 1 heterocycles. The molecule has 2 atom stereocenters. The maximum Gasteiger partial charge on any atom is 0.251 e. The number of nitrogens with one attached hydrogen (secondary N) is 1. The lowest BCUT2D eigenvalue weighted by atomic mass is 9.99. The van der Waals surface area contributed by atoms with Gasteiger partial charge in [0.15, 0.2) is 0 Å². The van der Waals surface area contributed by atoms with Gasteiger partial charge in [0.05, 0.1) is 0 Å². The summed E-state index contributed by atoms with van der Waals surface area (Å²) in [5.41, 5.74) is -0.210. The molecular weight excluding hydrogens is 288 g/mol. The first-order valence-electron chi connectivity index (χ1n) is 7.46. The molecule has 0 aliphatic carbocycles. The largest absolute Gasteiger partial charge is 0.380 e. The van der Waals surface area contributed by atoms with Crippen molar-refractivity contribution in [2.24, 2.45) is 0 Å². The topological polar surface area (TPSA) is 52.6 Å². The maximum atomic E-state index is 12.1. The second-order valence-corrected chi connectivity index (χ2v) is 6.35. The summed E-state index contributed by atoms with van der Waals surface area (Å²) in [6.45, 7) is 5.16. The van der Waals surface area contributed by atoms with E-state index >= 15 is 0 Å². The quantitative estimate of drug-likeness (QED) is 0.879. The SMILES string of the molecule is CCCC(C)(O)C(=O)NC1CCN(c2cccc(Cl)c2)C1. The van der Waals surface area contributed by atoms with Crippen LogP contribution in [0, 0.1) is 0 Å². The molecule has 1 saturated heterocycles. The number of aliphatic hydroxyl groups is 1. The van der Waals surface area contributed by atoms with Crippen molar-refractivity contribution in [2.45, 2.75) is 44.8 Å². The van der Waals surface area contributed by atoms with E-state index in [4.69, 9.17) is 11.6 Å². The molecular formula is C16H23ClN2O2. The zero-order valence-corrected chi connectivity index (χ0v) is 13.4. The summed E-state index contributed by atoms with van der Waals surface area (Å²) >= 11 is 6.01. The highest BCUT2D eigenvalue weighted by Crippen LogP contribution is 2.24. The van der Waals surface area contributed by atoms with E-state index in [0.717, 1.165) is 31.6 Å². The average molecular weight is 311 g/mol. The first-order chi connectivity index (χ1) is 9.92. The van der Waals surface area contributed by atoms with Crippen LogP contribution in [0.1, 0.15) is 33.1 Å². The van der Waals surface area contributed by atoms with Crippen molar-refractivity contribution in [3.63, 3.8) is 0 Å². The van der Waals surface area contributed by atoms with Gasteiger partial charge in [-0.15, -0.1) is 0 Å². The number of carbonyl (C=O) groups excluding carboxylic acids is 1. The smallest absolute Gasteiger partial charge is 0.251 e. The van der Waals surface area contributed by atoms with Gasteiger partial charge >= 0.3 is 0 Å². The molecule has 1 fully saturated rings. The van der Waals surface area contributed by atoms with E-state index < -0.39 is 5.60 Å². The number of anilines is 1. The molecule has 116 valence electrons. The molecule has 2 N–H and O–H groups in total. The minimum Gasteiger partial charge on any atom is -0.380 e. The van der Waals surface area contributed by atoms with E-state index in [-0.39, 0.29) is 11.9 Å². The standard InChI is InChI=1S/C16H23ClN2O2/c1-3-8-16(2,21)15(20)18-13-7-9-19(11-13)14-6-4-5-12(17)10-14/h4-6,10,13,21H,3,7-9,11H2,1-2H3,(H,18,20). The van der Waals surface area contributed by atoms with Gasteiger partial charge in [-0.3, -0.25) is 4.79 Å². The Morgan fingerprint density at radius 1 is 1.57 bits per heavy atom. The molecule has 0 saturated carbocycles. The van der Waals surface area contributed by atoms with Crippen LogP contribution in [0.2, 0.25) is 5.02 Å². The average Bonchev–Trinajstić information content (AvgIpc) is 2.87. The van der Waals surface area contributed by atoms with Gasteiger partial charge in [0.2, 0.25) is 0 Å². The summed E-state index contributed by atoms with van der Waals surface area (Å²) < 4.78 is 0. The third-order valence-electron chi connectivity index (χ3n) is 3.92. The lowest BCUT2D eigenvalue weighted by molar-refractivity contribution is -0.139. The maximum absolute atomic E-state index is 12.1. The molecule has 1 aromatic carbocycles. The van der Waals surface area contributed by atoms with Crippen molar-refractivity contribution in [3.05, 3.63) is 29.3 Å². The fraction of sp³-hybridized carbons (Fsp3) is 0.562. The summed E-state index contributed by atoms with van der Waals surface area (Å²) in [4.78, 5) is 14.3. The summed E-state index contributed by atoms with van der Waals surface area (Å²) in [7, 11) is 0. The first kappa shape index (κ1) is 16.1. The molecule has 5 heteroatoms. The minimum atomic E-state index is -1.28. The van der Waals surface area contributed by atoms with Crippen LogP contribution in [0.15, 0.2) is 24.3 Å². The third kappa shape index (κ3) is 4.11. The van der Waals surface area contributed by atoms with Gasteiger partial charge < -0.3 is 15.3 Å². The number of rotatable bonds is 5. The lowest BCUT2D eigenvalue weighted by Gasteiger charge is -2.24. The molecule has 4 nitrogen and oxygen atoms in total. The lowest BCUT2D eigenvalue weighted by Crippen LogP contribution is -2.49. The molecule has 0 spiro atoms. The number of nitrogens with zero attached hydrogens (tertiary/aromatic N) is 1. The molecule has 1 aliphatic heterocycles. The second-order valence-electron chi connectivity index (χ2n) is 5.91. The Bertz CT molecular complexity index is 505. The van der Waals surface area contributed by atoms with Gasteiger partial charge in [-0.1, -0.05) is 31.0 Å². The van der Waals surface area contributed by atoms with Gasteiger partial charge in [-0.05, 0) is 38.0 Å². The van der Waals surface area contributed by atoms with Crippen molar-refractivity contribution in [2.75, 3.05) is 18.0 Å². The Kier molecular flexibility index (Phi) is 5.12. The molecule has 1 aromatic rings. The molecule has 0 radical (unpaired) electrons. The van der Waals surface area contributed by atoms with E-state index in [1.807, 2.05) is 31.2 Å². The van der Waals surface area contributed by atoms with Crippen molar-refractivity contribution in [3.8, 4) is 0 Å². The summed E-state index contributed by atoms with van der Waals surface area (Å²) in [5, 5.41) is 13.8. The highest BCUT2D eigenvalue weighted by Gasteiger charge is 2.32. The number of amides is 1. The van der Waals surface area contributed by atoms with Crippen molar-refractivity contribution in [1.82, 2.24) is 5.32 Å². The second kappa shape index (κ2) is 6.67. The fourth-order valence-electron chi connectivity index (χ4n) is 2.73. The summed E-state index contributed by atoms with van der Waals surface area (Å²) in [5.74, 6) is -0.276. The van der Waals surface area contributed by atoms with E-state index in [1.165, 1.54) is 0 Å². The predicted octanol–water partition coefficient (Wildman–Crippen LogP) is 2.59. The number of benzene rings is 1. The van der Waals surface area contributed by atoms with Crippen LogP contribution < -0.4 is 10.2 Å². The zero-order valence-electron chi connectivity index (χ0n) is 12.6. The van der Waals surface area contributed by atoms with Crippen LogP contribution in [0.4, 0.5) is 5.69 Å². The van der Waals surface area contributed by atoms with Gasteiger partial charge in [0.25, 0.3) is 5.91 Å². The van der Waals surface area contributed by atoms with Crippen LogP contribution in [0.5, 0.6) is 0 Å². The highest BCUT2D eigenvalue weighted by molar-refractivity contribution is 6.30. The Balaban J connectivity index is 1.92. The van der Waals surface area contributed by atoms with Crippen LogP contribution in [0.25, 0.3) is 0 Å². The van der Waals surface area contributed by atoms with Crippen molar-refractivity contribution >= 4 is 23.2 Å². The monoisotopic (exact) mass is 310 g/mol. The first-order valence-corrected chi connectivity index (χ1v) is 7.84. The minimum absolute atomic E-state index is 0.0693. The highest BCUT2D eigenvalue weighted by atomic mass is 35.5.